The van der Waals surface area contributed by atoms with Gasteiger partial charge in [0.15, 0.2) is 0 Å². The van der Waals surface area contributed by atoms with E-state index in [4.69, 9.17) is 0 Å². The van der Waals surface area contributed by atoms with E-state index in [0.29, 0.717) is 0 Å². The summed E-state index contributed by atoms with van der Waals surface area (Å²) in [6.07, 6.45) is 2.13. The molecular weight excluding hydrogens is 309 g/mol. The molecule has 1 rings (SSSR count). The molecule has 0 aliphatic heterocycles. The van der Waals surface area contributed by atoms with Gasteiger partial charge in [0.05, 0.1) is 8.45 Å². The van der Waals surface area contributed by atoms with Gasteiger partial charge in [0, 0.05) is 11.4 Å². The largest absolute Gasteiger partial charge is 0.350 e. The van der Waals surface area contributed by atoms with Crippen LogP contribution in [0.25, 0.3) is 0 Å². The molecule has 78 valence electrons. The predicted molar refractivity (Wildman–Crippen MR) is 68.9 cm³/mol. The quantitative estimate of drug-likeness (QED) is 0.847. The molecule has 0 bridgehead atoms. The van der Waals surface area contributed by atoms with Crippen LogP contribution < -0.4 is 5.32 Å². The lowest BCUT2D eigenvalue weighted by Crippen LogP contribution is -2.32. The number of carbonyl (C=O) groups excluding carboxylic acids is 1. The summed E-state index contributed by atoms with van der Waals surface area (Å²) in [7, 11) is 0. The molecule has 14 heavy (non-hydrogen) atoms. The second-order valence-electron chi connectivity index (χ2n) is 3.30. The molecule has 0 saturated heterocycles. The lowest BCUT2D eigenvalue weighted by atomic mass is 10.2. The highest BCUT2D eigenvalue weighted by molar-refractivity contribution is 14.1. The number of hydrogen-bond donors (Lipinski definition) is 1. The van der Waals surface area contributed by atoms with Crippen LogP contribution in [0.4, 0.5) is 0 Å². The predicted octanol–water partition coefficient (Wildman–Crippen LogP) is 3.27. The van der Waals surface area contributed by atoms with Crippen LogP contribution in [-0.2, 0) is 0 Å². The average molecular weight is 323 g/mol. The molecule has 1 aromatic rings. The van der Waals surface area contributed by atoms with Crippen molar-refractivity contribution in [3.63, 3.8) is 0 Å². The SMILES string of the molecule is CCCC(C)NC(=O)c1csc(I)c1. The zero-order valence-corrected chi connectivity index (χ0v) is 11.3. The topological polar surface area (TPSA) is 29.1 Å². The van der Waals surface area contributed by atoms with Crippen molar-refractivity contribution in [2.75, 3.05) is 0 Å². The molecule has 0 radical (unpaired) electrons. The first kappa shape index (κ1) is 12.0. The van der Waals surface area contributed by atoms with Gasteiger partial charge in [-0.3, -0.25) is 4.79 Å². The van der Waals surface area contributed by atoms with Crippen LogP contribution in [0.15, 0.2) is 11.4 Å². The summed E-state index contributed by atoms with van der Waals surface area (Å²) in [4.78, 5) is 11.6. The van der Waals surface area contributed by atoms with E-state index in [9.17, 15) is 4.79 Å². The fourth-order valence-electron chi connectivity index (χ4n) is 1.24. The lowest BCUT2D eigenvalue weighted by Gasteiger charge is -2.11. The highest BCUT2D eigenvalue weighted by Gasteiger charge is 2.10. The summed E-state index contributed by atoms with van der Waals surface area (Å²) in [6.45, 7) is 4.16. The van der Waals surface area contributed by atoms with Crippen molar-refractivity contribution < 1.29 is 4.79 Å². The smallest absolute Gasteiger partial charge is 0.252 e. The summed E-state index contributed by atoms with van der Waals surface area (Å²) in [5.74, 6) is 0.0464. The van der Waals surface area contributed by atoms with Crippen LogP contribution >= 0.6 is 33.9 Å². The third-order valence-electron chi connectivity index (χ3n) is 1.93. The highest BCUT2D eigenvalue weighted by atomic mass is 127. The third-order valence-corrected chi connectivity index (χ3v) is 3.72. The molecule has 1 aromatic heterocycles. The van der Waals surface area contributed by atoms with E-state index in [1.54, 1.807) is 11.3 Å². The van der Waals surface area contributed by atoms with Crippen molar-refractivity contribution >= 4 is 39.8 Å². The third kappa shape index (κ3) is 3.57. The molecule has 0 saturated carbocycles. The first-order valence-corrected chi connectivity index (χ1v) is 6.64. The lowest BCUT2D eigenvalue weighted by molar-refractivity contribution is 0.0939. The number of thiophene rings is 1. The number of rotatable bonds is 4. The molecule has 1 heterocycles. The Morgan fingerprint density at radius 2 is 2.43 bits per heavy atom. The Hall–Kier alpha value is -0.100. The first-order chi connectivity index (χ1) is 6.63. The fraction of sp³-hybridized carbons (Fsp3) is 0.500. The fourth-order valence-corrected chi connectivity index (χ4v) is 2.57. The molecule has 0 aliphatic rings. The molecule has 0 aliphatic carbocycles. The van der Waals surface area contributed by atoms with Crippen molar-refractivity contribution in [1.29, 1.82) is 0 Å². The molecule has 1 amide bonds. The van der Waals surface area contributed by atoms with E-state index < -0.39 is 0 Å². The van der Waals surface area contributed by atoms with Gasteiger partial charge < -0.3 is 5.32 Å². The Balaban J connectivity index is 2.50. The van der Waals surface area contributed by atoms with Crippen LogP contribution in [-0.4, -0.2) is 11.9 Å². The molecular formula is C10H14INOS. The molecule has 0 aromatic carbocycles. The molecule has 4 heteroatoms. The zero-order valence-electron chi connectivity index (χ0n) is 8.34. The average Bonchev–Trinajstić information content (AvgIpc) is 2.52. The van der Waals surface area contributed by atoms with Gasteiger partial charge in [-0.2, -0.15) is 0 Å². The monoisotopic (exact) mass is 323 g/mol. The van der Waals surface area contributed by atoms with Gasteiger partial charge in [0.2, 0.25) is 0 Å². The van der Waals surface area contributed by atoms with Crippen molar-refractivity contribution in [1.82, 2.24) is 5.32 Å². The summed E-state index contributed by atoms with van der Waals surface area (Å²) in [6, 6.07) is 2.18. The Morgan fingerprint density at radius 3 is 2.93 bits per heavy atom. The number of carbonyl (C=O) groups is 1. The Kier molecular flexibility index (Phi) is 4.88. The van der Waals surface area contributed by atoms with Crippen LogP contribution in [0, 0.1) is 2.88 Å². The number of halogens is 1. The molecule has 1 atom stereocenters. The van der Waals surface area contributed by atoms with Gasteiger partial charge in [-0.25, -0.2) is 0 Å². The van der Waals surface area contributed by atoms with E-state index in [-0.39, 0.29) is 11.9 Å². The van der Waals surface area contributed by atoms with Crippen molar-refractivity contribution in [2.45, 2.75) is 32.7 Å². The van der Waals surface area contributed by atoms with Crippen LogP contribution in [0.1, 0.15) is 37.0 Å². The van der Waals surface area contributed by atoms with Crippen molar-refractivity contribution in [3.8, 4) is 0 Å². The molecule has 2 nitrogen and oxygen atoms in total. The van der Waals surface area contributed by atoms with Gasteiger partial charge >= 0.3 is 0 Å². The summed E-state index contributed by atoms with van der Waals surface area (Å²) in [5, 5.41) is 4.87. The zero-order chi connectivity index (χ0) is 10.6. The Bertz CT molecular complexity index is 311. The van der Waals surface area contributed by atoms with Gasteiger partial charge in [-0.05, 0) is 42.0 Å². The standard InChI is InChI=1S/C10H14INOS/c1-3-4-7(2)12-10(13)8-5-9(11)14-6-8/h5-7H,3-4H2,1-2H3,(H,12,13). The summed E-state index contributed by atoms with van der Waals surface area (Å²) >= 11 is 3.82. The molecule has 1 N–H and O–H groups in total. The highest BCUT2D eigenvalue weighted by Crippen LogP contribution is 2.16. The normalized spacial score (nSPS) is 12.5. The minimum atomic E-state index is 0.0464. The van der Waals surface area contributed by atoms with Gasteiger partial charge in [0.25, 0.3) is 5.91 Å². The van der Waals surface area contributed by atoms with Gasteiger partial charge in [-0.1, -0.05) is 13.3 Å². The maximum absolute atomic E-state index is 11.6. The van der Waals surface area contributed by atoms with Crippen LogP contribution in [0.2, 0.25) is 0 Å². The first-order valence-electron chi connectivity index (χ1n) is 4.68. The second-order valence-corrected chi connectivity index (χ2v) is 6.11. The minimum absolute atomic E-state index is 0.0464. The van der Waals surface area contributed by atoms with E-state index in [2.05, 4.69) is 34.8 Å². The van der Waals surface area contributed by atoms with Gasteiger partial charge in [-0.15, -0.1) is 11.3 Å². The van der Waals surface area contributed by atoms with E-state index in [1.165, 1.54) is 0 Å². The van der Waals surface area contributed by atoms with Crippen molar-refractivity contribution in [3.05, 3.63) is 19.9 Å². The van der Waals surface area contributed by atoms with E-state index in [0.717, 1.165) is 21.3 Å². The molecule has 0 spiro atoms. The van der Waals surface area contributed by atoms with Crippen LogP contribution in [0.3, 0.4) is 0 Å². The molecule has 0 fully saturated rings. The number of amides is 1. The van der Waals surface area contributed by atoms with Crippen LogP contribution in [0.5, 0.6) is 0 Å². The Morgan fingerprint density at radius 1 is 1.71 bits per heavy atom. The maximum atomic E-state index is 11.6. The Labute approximate surface area is 102 Å². The summed E-state index contributed by atoms with van der Waals surface area (Å²) in [5.41, 5.74) is 0.780. The van der Waals surface area contributed by atoms with Gasteiger partial charge in [0.1, 0.15) is 0 Å². The number of hydrogen-bond acceptors (Lipinski definition) is 2. The molecule has 1 unspecified atom stereocenters. The number of nitrogens with one attached hydrogen (secondary N) is 1. The van der Waals surface area contributed by atoms with Crippen molar-refractivity contribution in [2.24, 2.45) is 0 Å². The maximum Gasteiger partial charge on any atom is 0.252 e. The van der Waals surface area contributed by atoms with E-state index >= 15 is 0 Å². The summed E-state index contributed by atoms with van der Waals surface area (Å²) < 4.78 is 1.15. The second kappa shape index (κ2) is 5.70. The van der Waals surface area contributed by atoms with E-state index in [1.807, 2.05) is 18.4 Å². The minimum Gasteiger partial charge on any atom is -0.350 e.